The Bertz CT molecular complexity index is 344. The first-order valence-corrected chi connectivity index (χ1v) is 4.69. The Labute approximate surface area is 108 Å². The van der Waals surface area contributed by atoms with Crippen LogP contribution < -0.4 is 34.9 Å². The maximum Gasteiger partial charge on any atom is 1.00 e. The minimum Gasteiger partial charge on any atom is -1.00 e. The molecule has 0 aliphatic rings. The van der Waals surface area contributed by atoms with Crippen molar-refractivity contribution in [2.45, 2.75) is 11.8 Å². The number of hydrogen-bond donors (Lipinski definition) is 2. The van der Waals surface area contributed by atoms with Crippen LogP contribution in [0.5, 0.6) is 0 Å². The van der Waals surface area contributed by atoms with E-state index < -0.39 is 11.1 Å². The van der Waals surface area contributed by atoms with Crippen molar-refractivity contribution in [1.82, 2.24) is 0 Å². The van der Waals surface area contributed by atoms with Crippen LogP contribution in [-0.4, -0.2) is 14.7 Å². The summed E-state index contributed by atoms with van der Waals surface area (Å²) in [5, 5.41) is 2.55. The summed E-state index contributed by atoms with van der Waals surface area (Å²) in [7, 11) is 0. The molecule has 0 aliphatic heterocycles. The summed E-state index contributed by atoms with van der Waals surface area (Å²) < 4.78 is 19.2. The van der Waals surface area contributed by atoms with Gasteiger partial charge in [0.15, 0.2) is 11.1 Å². The van der Waals surface area contributed by atoms with Gasteiger partial charge in [-0.1, -0.05) is 0 Å². The van der Waals surface area contributed by atoms with Gasteiger partial charge in [-0.05, 0) is 24.3 Å². The molecular formula is C8H10NNaO3S. The van der Waals surface area contributed by atoms with Crippen molar-refractivity contribution in [3.63, 3.8) is 0 Å². The van der Waals surface area contributed by atoms with Crippen LogP contribution in [0.4, 0.5) is 5.69 Å². The third-order valence-corrected chi connectivity index (χ3v) is 2.05. The summed E-state index contributed by atoms with van der Waals surface area (Å²) in [6.07, 6.45) is 0. The van der Waals surface area contributed by atoms with E-state index in [1.165, 1.54) is 19.1 Å². The summed E-state index contributed by atoms with van der Waals surface area (Å²) in [6.45, 7) is 1.40. The van der Waals surface area contributed by atoms with Gasteiger partial charge in [0.1, 0.15) is 0 Å². The molecule has 72 valence electrons. The second-order valence-corrected chi connectivity index (χ2v) is 3.42. The largest absolute Gasteiger partial charge is 1.00 e. The van der Waals surface area contributed by atoms with Gasteiger partial charge in [0.2, 0.25) is 5.91 Å². The number of carbonyl (C=O) groups is 1. The fraction of sp³-hybridized carbons (Fsp3) is 0.125. The van der Waals surface area contributed by atoms with E-state index in [0.29, 0.717) is 10.6 Å². The zero-order valence-corrected chi connectivity index (χ0v) is 10.8. The van der Waals surface area contributed by atoms with Crippen molar-refractivity contribution < 1.29 is 44.5 Å². The van der Waals surface area contributed by atoms with Crippen LogP contribution in [0.15, 0.2) is 29.2 Å². The van der Waals surface area contributed by atoms with Gasteiger partial charge in [-0.15, -0.1) is 0 Å². The van der Waals surface area contributed by atoms with E-state index in [1.54, 1.807) is 12.1 Å². The molecule has 14 heavy (non-hydrogen) atoms. The standard InChI is InChI=1S/C8H9NO3S.Na.H/c1-6(10)9-7-2-4-8(5-3-7)13(11)12;;/h2-5H,1H3,(H,9,10)(H,11,12);;/q;+1;-1. The Morgan fingerprint density at radius 2 is 1.93 bits per heavy atom. The van der Waals surface area contributed by atoms with Crippen LogP contribution in [0, 0.1) is 0 Å². The number of amides is 1. The Kier molecular flexibility index (Phi) is 6.22. The van der Waals surface area contributed by atoms with Gasteiger partial charge in [0.25, 0.3) is 0 Å². The Morgan fingerprint density at radius 1 is 1.43 bits per heavy atom. The predicted octanol–water partition coefficient (Wildman–Crippen LogP) is -1.66. The third kappa shape index (κ3) is 4.34. The number of rotatable bonds is 2. The average molecular weight is 223 g/mol. The number of benzene rings is 1. The van der Waals surface area contributed by atoms with Gasteiger partial charge < -0.3 is 11.3 Å². The molecule has 6 heteroatoms. The van der Waals surface area contributed by atoms with E-state index in [-0.39, 0.29) is 36.9 Å². The van der Waals surface area contributed by atoms with Gasteiger partial charge in [0, 0.05) is 12.6 Å². The van der Waals surface area contributed by atoms with Crippen LogP contribution in [0.1, 0.15) is 8.35 Å². The van der Waals surface area contributed by atoms with Crippen molar-refractivity contribution in [3.05, 3.63) is 24.3 Å². The van der Waals surface area contributed by atoms with E-state index in [0.717, 1.165) is 0 Å². The second kappa shape index (κ2) is 6.31. The van der Waals surface area contributed by atoms with Crippen LogP contribution in [0.25, 0.3) is 0 Å². The zero-order chi connectivity index (χ0) is 9.84. The molecule has 0 saturated heterocycles. The number of hydrogen-bond acceptors (Lipinski definition) is 2. The number of nitrogens with one attached hydrogen (secondary N) is 1. The molecule has 0 bridgehead atoms. The molecule has 0 aromatic heterocycles. The molecule has 1 atom stereocenters. The van der Waals surface area contributed by atoms with Gasteiger partial charge in [0.05, 0.1) is 4.90 Å². The monoisotopic (exact) mass is 223 g/mol. The van der Waals surface area contributed by atoms with Crippen molar-refractivity contribution in [3.8, 4) is 0 Å². The molecule has 0 radical (unpaired) electrons. The Hall–Kier alpha value is -0.200. The molecule has 1 amide bonds. The van der Waals surface area contributed by atoms with Crippen molar-refractivity contribution >= 4 is 22.7 Å². The first kappa shape index (κ1) is 13.8. The molecule has 1 aromatic rings. The molecule has 0 saturated carbocycles. The normalized spacial score (nSPS) is 11.3. The van der Waals surface area contributed by atoms with Crippen molar-refractivity contribution in [1.29, 1.82) is 0 Å². The summed E-state index contributed by atoms with van der Waals surface area (Å²) in [5.41, 5.74) is 0.613. The number of anilines is 1. The second-order valence-electron chi connectivity index (χ2n) is 2.45. The van der Waals surface area contributed by atoms with Gasteiger partial charge in [-0.2, -0.15) is 0 Å². The third-order valence-electron chi connectivity index (χ3n) is 1.38. The Balaban J connectivity index is 0. The fourth-order valence-corrected chi connectivity index (χ4v) is 1.23. The van der Waals surface area contributed by atoms with Gasteiger partial charge in [-0.3, -0.25) is 4.79 Å². The van der Waals surface area contributed by atoms with Gasteiger partial charge in [-0.25, -0.2) is 4.21 Å². The molecule has 2 N–H and O–H groups in total. The van der Waals surface area contributed by atoms with Crippen LogP contribution in [0.2, 0.25) is 0 Å². The summed E-state index contributed by atoms with van der Waals surface area (Å²) in [4.78, 5) is 10.9. The molecule has 1 unspecified atom stereocenters. The average Bonchev–Trinajstić information content (AvgIpc) is 2.04. The smallest absolute Gasteiger partial charge is 1.00 e. The maximum absolute atomic E-state index is 10.6. The minimum atomic E-state index is -1.96. The summed E-state index contributed by atoms with van der Waals surface area (Å²) in [5.74, 6) is -0.169. The molecule has 1 rings (SSSR count). The van der Waals surface area contributed by atoms with E-state index >= 15 is 0 Å². The van der Waals surface area contributed by atoms with Gasteiger partial charge >= 0.3 is 29.6 Å². The van der Waals surface area contributed by atoms with E-state index in [9.17, 15) is 9.00 Å². The molecule has 0 spiro atoms. The molecule has 0 fully saturated rings. The van der Waals surface area contributed by atoms with Crippen LogP contribution in [0.3, 0.4) is 0 Å². The van der Waals surface area contributed by atoms with E-state index in [2.05, 4.69) is 5.32 Å². The Morgan fingerprint density at radius 3 is 2.29 bits per heavy atom. The van der Waals surface area contributed by atoms with Crippen LogP contribution in [-0.2, 0) is 15.9 Å². The SMILES string of the molecule is CC(=O)Nc1ccc(S(=O)O)cc1.[H-].[Na+]. The van der Waals surface area contributed by atoms with Crippen molar-refractivity contribution in [2.75, 3.05) is 5.32 Å². The topological polar surface area (TPSA) is 66.4 Å². The molecule has 0 heterocycles. The molecular weight excluding hydrogens is 213 g/mol. The maximum atomic E-state index is 10.6. The van der Waals surface area contributed by atoms with Crippen molar-refractivity contribution in [2.24, 2.45) is 0 Å². The molecule has 0 aliphatic carbocycles. The minimum absolute atomic E-state index is 0. The summed E-state index contributed by atoms with van der Waals surface area (Å²) in [6, 6.07) is 6.12. The van der Waals surface area contributed by atoms with E-state index in [1.807, 2.05) is 0 Å². The fourth-order valence-electron chi connectivity index (χ4n) is 0.858. The van der Waals surface area contributed by atoms with Crippen LogP contribution >= 0.6 is 0 Å². The zero-order valence-electron chi connectivity index (χ0n) is 8.98. The first-order chi connectivity index (χ1) is 6.09. The quantitative estimate of drug-likeness (QED) is 0.466. The predicted molar refractivity (Wildman–Crippen MR) is 50.9 cm³/mol. The molecule has 4 nitrogen and oxygen atoms in total. The first-order valence-electron chi connectivity index (χ1n) is 3.58. The number of carbonyl (C=O) groups excluding carboxylic acids is 1. The molecule has 1 aromatic carbocycles. The summed E-state index contributed by atoms with van der Waals surface area (Å²) >= 11 is -1.96. The van der Waals surface area contributed by atoms with E-state index in [4.69, 9.17) is 4.55 Å².